The van der Waals surface area contributed by atoms with E-state index < -0.39 is 0 Å². The van der Waals surface area contributed by atoms with Crippen LogP contribution in [0.5, 0.6) is 0 Å². The van der Waals surface area contributed by atoms with E-state index in [4.69, 9.17) is 0 Å². The minimum Gasteiger partial charge on any atom is -0.279 e. The van der Waals surface area contributed by atoms with E-state index in [-0.39, 0.29) is 5.92 Å². The Labute approximate surface area is 156 Å². The number of hydrogen-bond acceptors (Lipinski definition) is 3. The van der Waals surface area contributed by atoms with Crippen molar-refractivity contribution in [2.24, 2.45) is 0 Å². The van der Waals surface area contributed by atoms with Crippen molar-refractivity contribution in [2.45, 2.75) is 59.3 Å². The zero-order valence-electron chi connectivity index (χ0n) is 16.6. The molecular weight excluding hydrogens is 320 g/mol. The highest BCUT2D eigenvalue weighted by Gasteiger charge is 2.18. The van der Waals surface area contributed by atoms with Gasteiger partial charge in [-0.3, -0.25) is 9.55 Å². The molecule has 4 nitrogen and oxygen atoms in total. The molecule has 0 aliphatic heterocycles. The molecule has 3 aromatic rings. The molecule has 0 bridgehead atoms. The zero-order chi connectivity index (χ0) is 18.8. The Hall–Kier alpha value is -2.49. The number of aromatic nitrogens is 4. The summed E-state index contributed by atoms with van der Waals surface area (Å²) in [4.78, 5) is 4.60. The molecule has 0 spiro atoms. The second-order valence-electron chi connectivity index (χ2n) is 7.74. The molecule has 0 aliphatic carbocycles. The Bertz CT molecular complexity index is 856. The molecule has 26 heavy (non-hydrogen) atoms. The highest BCUT2D eigenvalue weighted by molar-refractivity contribution is 5.58. The molecule has 0 saturated carbocycles. The number of rotatable bonds is 5. The fourth-order valence-electron chi connectivity index (χ4n) is 3.00. The van der Waals surface area contributed by atoms with Gasteiger partial charge < -0.3 is 0 Å². The van der Waals surface area contributed by atoms with Crippen molar-refractivity contribution in [3.05, 3.63) is 59.7 Å². The molecule has 0 aliphatic rings. The predicted octanol–water partition coefficient (Wildman–Crippen LogP) is 5.70. The van der Waals surface area contributed by atoms with Gasteiger partial charge in [0.1, 0.15) is 5.82 Å². The summed E-state index contributed by atoms with van der Waals surface area (Å²) in [7, 11) is 0. The van der Waals surface area contributed by atoms with Crippen molar-refractivity contribution in [3.8, 4) is 17.1 Å². The van der Waals surface area contributed by atoms with Gasteiger partial charge in [-0.1, -0.05) is 53.7 Å². The van der Waals surface area contributed by atoms with Crippen LogP contribution >= 0.6 is 0 Å². The molecule has 136 valence electrons. The molecule has 0 atom stereocenters. The van der Waals surface area contributed by atoms with Gasteiger partial charge in [-0.25, -0.2) is 0 Å². The van der Waals surface area contributed by atoms with Crippen LogP contribution in [0.4, 0.5) is 0 Å². The predicted molar refractivity (Wildman–Crippen MR) is 107 cm³/mol. The third kappa shape index (κ3) is 3.55. The van der Waals surface area contributed by atoms with Gasteiger partial charge >= 0.3 is 0 Å². The molecule has 2 heterocycles. The lowest BCUT2D eigenvalue weighted by Gasteiger charge is -2.14. The third-order valence-electron chi connectivity index (χ3n) is 4.66. The van der Waals surface area contributed by atoms with E-state index in [0.29, 0.717) is 11.8 Å². The van der Waals surface area contributed by atoms with Gasteiger partial charge in [-0.2, -0.15) is 0 Å². The maximum absolute atomic E-state index is 4.60. The van der Waals surface area contributed by atoms with Crippen LogP contribution in [-0.4, -0.2) is 19.7 Å². The summed E-state index contributed by atoms with van der Waals surface area (Å²) < 4.78 is 2.15. The van der Waals surface area contributed by atoms with Gasteiger partial charge in [0.25, 0.3) is 0 Å². The van der Waals surface area contributed by atoms with Crippen LogP contribution in [0.2, 0.25) is 0 Å². The molecule has 2 aromatic heterocycles. The lowest BCUT2D eigenvalue weighted by molar-refractivity contribution is 0.746. The van der Waals surface area contributed by atoms with Gasteiger partial charge in [0, 0.05) is 29.1 Å². The van der Waals surface area contributed by atoms with Gasteiger partial charge in [0.15, 0.2) is 5.82 Å². The molecule has 0 unspecified atom stereocenters. The summed E-state index contributed by atoms with van der Waals surface area (Å²) in [5.74, 6) is 3.02. The maximum atomic E-state index is 4.60. The van der Waals surface area contributed by atoms with Crippen molar-refractivity contribution >= 4 is 0 Å². The van der Waals surface area contributed by atoms with Crippen molar-refractivity contribution in [1.82, 2.24) is 19.7 Å². The van der Waals surface area contributed by atoms with E-state index in [9.17, 15) is 0 Å². The Kier molecular flexibility index (Phi) is 5.21. The van der Waals surface area contributed by atoms with Crippen molar-refractivity contribution in [2.75, 3.05) is 0 Å². The quantitative estimate of drug-likeness (QED) is 0.594. The normalized spacial score (nSPS) is 11.7. The van der Waals surface area contributed by atoms with Crippen LogP contribution in [0, 0.1) is 0 Å². The molecule has 0 radical (unpaired) electrons. The Morgan fingerprint density at radius 2 is 1.42 bits per heavy atom. The topological polar surface area (TPSA) is 43.6 Å². The highest BCUT2D eigenvalue weighted by Crippen LogP contribution is 2.27. The monoisotopic (exact) mass is 348 g/mol. The van der Waals surface area contributed by atoms with Gasteiger partial charge in [0.05, 0.1) is 0 Å². The second kappa shape index (κ2) is 7.40. The molecule has 0 amide bonds. The SMILES string of the molecule is CC(C)c1ccc(-n2c(-c3ccc(C(C)C)nc3)nnc2C(C)C)cc1. The maximum Gasteiger partial charge on any atom is 0.170 e. The highest BCUT2D eigenvalue weighted by atomic mass is 15.3. The van der Waals surface area contributed by atoms with Gasteiger partial charge in [-0.15, -0.1) is 10.2 Å². The lowest BCUT2D eigenvalue weighted by Crippen LogP contribution is -2.05. The van der Waals surface area contributed by atoms with Crippen LogP contribution in [0.3, 0.4) is 0 Å². The average Bonchev–Trinajstić information content (AvgIpc) is 3.07. The molecular formula is C22H28N4. The summed E-state index contributed by atoms with van der Waals surface area (Å²) in [6.07, 6.45) is 1.91. The summed E-state index contributed by atoms with van der Waals surface area (Å²) in [5, 5.41) is 8.96. The average molecular weight is 348 g/mol. The van der Waals surface area contributed by atoms with Gasteiger partial charge in [0.2, 0.25) is 0 Å². The Morgan fingerprint density at radius 1 is 0.731 bits per heavy atom. The standard InChI is InChI=1S/C22H28N4/c1-14(2)17-7-10-19(11-8-17)26-21(16(5)6)24-25-22(26)18-9-12-20(15(3)4)23-13-18/h7-16H,1-6H3. The van der Waals surface area contributed by atoms with Crippen LogP contribution < -0.4 is 0 Å². The van der Waals surface area contributed by atoms with E-state index in [2.05, 4.69) is 97.7 Å². The van der Waals surface area contributed by atoms with E-state index in [1.807, 2.05) is 6.20 Å². The molecule has 1 aromatic carbocycles. The summed E-state index contributed by atoms with van der Waals surface area (Å²) in [6.45, 7) is 13.0. The first-order valence-electron chi connectivity index (χ1n) is 9.40. The number of pyridine rings is 1. The minimum absolute atomic E-state index is 0.281. The van der Waals surface area contributed by atoms with Gasteiger partial charge in [-0.05, 0) is 41.7 Å². The number of benzene rings is 1. The summed E-state index contributed by atoms with van der Waals surface area (Å²) in [6, 6.07) is 12.9. The van der Waals surface area contributed by atoms with Crippen molar-refractivity contribution < 1.29 is 0 Å². The van der Waals surface area contributed by atoms with Crippen LogP contribution in [0.1, 0.15) is 76.4 Å². The van der Waals surface area contributed by atoms with Crippen LogP contribution in [0.15, 0.2) is 42.6 Å². The zero-order valence-corrected chi connectivity index (χ0v) is 16.6. The van der Waals surface area contributed by atoms with Crippen LogP contribution in [-0.2, 0) is 0 Å². The first-order valence-corrected chi connectivity index (χ1v) is 9.40. The third-order valence-corrected chi connectivity index (χ3v) is 4.66. The van der Waals surface area contributed by atoms with E-state index in [1.54, 1.807) is 0 Å². The fourth-order valence-corrected chi connectivity index (χ4v) is 3.00. The molecule has 0 N–H and O–H groups in total. The lowest BCUT2D eigenvalue weighted by atomic mass is 10.0. The van der Waals surface area contributed by atoms with E-state index >= 15 is 0 Å². The Balaban J connectivity index is 2.09. The summed E-state index contributed by atoms with van der Waals surface area (Å²) >= 11 is 0. The fraction of sp³-hybridized carbons (Fsp3) is 0.409. The smallest absolute Gasteiger partial charge is 0.170 e. The first kappa shape index (κ1) is 18.3. The van der Waals surface area contributed by atoms with Crippen molar-refractivity contribution in [1.29, 1.82) is 0 Å². The molecule has 4 heteroatoms. The molecule has 3 rings (SSSR count). The minimum atomic E-state index is 0.281. The summed E-state index contributed by atoms with van der Waals surface area (Å²) in [5.41, 5.74) is 4.50. The largest absolute Gasteiger partial charge is 0.279 e. The van der Waals surface area contributed by atoms with Crippen molar-refractivity contribution in [3.63, 3.8) is 0 Å². The number of hydrogen-bond donors (Lipinski definition) is 0. The first-order chi connectivity index (χ1) is 12.4. The second-order valence-corrected chi connectivity index (χ2v) is 7.74. The van der Waals surface area contributed by atoms with Crippen LogP contribution in [0.25, 0.3) is 17.1 Å². The van der Waals surface area contributed by atoms with E-state index in [0.717, 1.165) is 28.6 Å². The molecule has 0 fully saturated rings. The molecule has 0 saturated heterocycles. The Morgan fingerprint density at radius 3 is 1.92 bits per heavy atom. The number of nitrogens with zero attached hydrogens (tertiary/aromatic N) is 4. The van der Waals surface area contributed by atoms with E-state index in [1.165, 1.54) is 5.56 Å².